The number of likely N-dealkylation sites (tertiary alicyclic amines) is 1. The molecule has 1 fully saturated rings. The minimum absolute atomic E-state index is 0.0113. The first-order valence-electron chi connectivity index (χ1n) is 13.7. The average molecular weight is 521 g/mol. The van der Waals surface area contributed by atoms with E-state index in [1.54, 1.807) is 6.07 Å². The highest BCUT2D eigenvalue weighted by Gasteiger charge is 2.25. The molecule has 2 amide bonds. The van der Waals surface area contributed by atoms with Crippen molar-refractivity contribution in [2.24, 2.45) is 7.05 Å². The van der Waals surface area contributed by atoms with E-state index in [0.29, 0.717) is 41.7 Å². The van der Waals surface area contributed by atoms with Gasteiger partial charge in [-0.25, -0.2) is 0 Å². The summed E-state index contributed by atoms with van der Waals surface area (Å²) in [6.07, 6.45) is 5.76. The van der Waals surface area contributed by atoms with Gasteiger partial charge in [-0.1, -0.05) is 56.3 Å². The topological polar surface area (TPSA) is 67.2 Å². The highest BCUT2D eigenvalue weighted by atomic mass is 16.2. The summed E-state index contributed by atoms with van der Waals surface area (Å²) >= 11 is 0. The van der Waals surface area contributed by atoms with Crippen LogP contribution >= 0.6 is 0 Å². The van der Waals surface area contributed by atoms with Gasteiger partial charge in [0, 0.05) is 48.7 Å². The molecular formula is C33H36N4O2. The minimum Gasteiger partial charge on any atom is -0.339 e. The fourth-order valence-corrected chi connectivity index (χ4v) is 5.22. The second kappa shape index (κ2) is 11.3. The van der Waals surface area contributed by atoms with Crippen molar-refractivity contribution in [3.8, 4) is 11.1 Å². The Balaban J connectivity index is 1.21. The van der Waals surface area contributed by atoms with Crippen LogP contribution in [0.3, 0.4) is 0 Å². The molecule has 39 heavy (non-hydrogen) atoms. The van der Waals surface area contributed by atoms with E-state index in [2.05, 4.69) is 48.5 Å². The molecule has 1 N–H and O–H groups in total. The molecule has 4 aromatic rings. The highest BCUT2D eigenvalue weighted by Crippen LogP contribution is 2.31. The molecular weight excluding hydrogens is 484 g/mol. The van der Waals surface area contributed by atoms with Crippen molar-refractivity contribution in [2.45, 2.75) is 45.4 Å². The van der Waals surface area contributed by atoms with Gasteiger partial charge in [0.05, 0.1) is 6.20 Å². The number of amides is 2. The van der Waals surface area contributed by atoms with Crippen LogP contribution in [0.4, 0.5) is 5.69 Å². The number of carbonyl (C=O) groups excluding carboxylic acids is 2. The number of nitrogens with zero attached hydrogens (tertiary/aromatic N) is 3. The second-order valence-corrected chi connectivity index (χ2v) is 10.9. The third-order valence-electron chi connectivity index (χ3n) is 7.77. The van der Waals surface area contributed by atoms with Crippen molar-refractivity contribution in [2.75, 3.05) is 18.4 Å². The van der Waals surface area contributed by atoms with Gasteiger partial charge in [-0.2, -0.15) is 5.10 Å². The lowest BCUT2D eigenvalue weighted by molar-refractivity contribution is 0.0712. The molecule has 1 aromatic heterocycles. The molecule has 0 spiro atoms. The summed E-state index contributed by atoms with van der Waals surface area (Å²) in [5.41, 5.74) is 7.58. The third-order valence-corrected chi connectivity index (χ3v) is 7.77. The van der Waals surface area contributed by atoms with Crippen molar-refractivity contribution >= 4 is 17.5 Å². The first kappa shape index (κ1) is 26.4. The van der Waals surface area contributed by atoms with Crippen LogP contribution in [0.25, 0.3) is 11.1 Å². The Morgan fingerprint density at radius 2 is 1.56 bits per heavy atom. The average Bonchev–Trinajstić information content (AvgIpc) is 3.40. The van der Waals surface area contributed by atoms with Gasteiger partial charge in [0.1, 0.15) is 0 Å². The van der Waals surface area contributed by atoms with E-state index < -0.39 is 0 Å². The normalized spacial score (nSPS) is 14.0. The summed E-state index contributed by atoms with van der Waals surface area (Å²) in [6, 6.07) is 22.0. The van der Waals surface area contributed by atoms with Crippen LogP contribution in [-0.2, 0) is 7.05 Å². The number of carbonyl (C=O) groups is 2. The summed E-state index contributed by atoms with van der Waals surface area (Å²) in [7, 11) is 1.92. The molecule has 1 saturated heterocycles. The lowest BCUT2D eigenvalue weighted by Crippen LogP contribution is -2.38. The molecule has 0 bridgehead atoms. The summed E-state index contributed by atoms with van der Waals surface area (Å²) in [4.78, 5) is 28.2. The Morgan fingerprint density at radius 1 is 0.897 bits per heavy atom. The maximum atomic E-state index is 13.4. The lowest BCUT2D eigenvalue weighted by Gasteiger charge is -2.32. The smallest absolute Gasteiger partial charge is 0.255 e. The van der Waals surface area contributed by atoms with Crippen LogP contribution in [0.5, 0.6) is 0 Å². The first-order chi connectivity index (χ1) is 18.8. The van der Waals surface area contributed by atoms with Gasteiger partial charge in [0.2, 0.25) is 0 Å². The Hall–Kier alpha value is -4.19. The zero-order valence-corrected chi connectivity index (χ0v) is 23.1. The van der Waals surface area contributed by atoms with Gasteiger partial charge >= 0.3 is 0 Å². The van der Waals surface area contributed by atoms with Crippen molar-refractivity contribution < 1.29 is 9.59 Å². The van der Waals surface area contributed by atoms with Crippen molar-refractivity contribution in [1.82, 2.24) is 14.7 Å². The van der Waals surface area contributed by atoms with Gasteiger partial charge in [-0.3, -0.25) is 14.3 Å². The SMILES string of the molecule is Cc1ccc(C(=O)N2CCC(c3ccc(-c4cnn(C)c4)cc3)CC2)cc1NC(=O)c1ccc(C(C)C)cc1. The molecule has 6 heteroatoms. The van der Waals surface area contributed by atoms with Crippen LogP contribution in [0.1, 0.15) is 75.9 Å². The minimum atomic E-state index is -0.173. The molecule has 0 unspecified atom stereocenters. The van der Waals surface area contributed by atoms with E-state index in [0.717, 1.165) is 29.5 Å². The fourth-order valence-electron chi connectivity index (χ4n) is 5.22. The number of rotatable bonds is 6. The molecule has 200 valence electrons. The lowest BCUT2D eigenvalue weighted by atomic mass is 9.88. The monoisotopic (exact) mass is 520 g/mol. The summed E-state index contributed by atoms with van der Waals surface area (Å²) in [6.45, 7) is 7.63. The van der Waals surface area contributed by atoms with Crippen LogP contribution in [-0.4, -0.2) is 39.6 Å². The molecule has 0 radical (unpaired) electrons. The Morgan fingerprint density at radius 3 is 2.18 bits per heavy atom. The van der Waals surface area contributed by atoms with E-state index in [1.165, 1.54) is 11.1 Å². The van der Waals surface area contributed by atoms with Crippen molar-refractivity contribution in [3.63, 3.8) is 0 Å². The summed E-state index contributed by atoms with van der Waals surface area (Å²) in [5, 5.41) is 7.26. The molecule has 3 aromatic carbocycles. The van der Waals surface area contributed by atoms with E-state index >= 15 is 0 Å². The van der Waals surface area contributed by atoms with E-state index in [4.69, 9.17) is 0 Å². The predicted octanol–water partition coefficient (Wildman–Crippen LogP) is 6.79. The predicted molar refractivity (Wildman–Crippen MR) is 156 cm³/mol. The van der Waals surface area contributed by atoms with E-state index in [9.17, 15) is 9.59 Å². The largest absolute Gasteiger partial charge is 0.339 e. The summed E-state index contributed by atoms with van der Waals surface area (Å²) < 4.78 is 1.81. The maximum absolute atomic E-state index is 13.4. The molecule has 2 heterocycles. The van der Waals surface area contributed by atoms with Crippen molar-refractivity contribution in [1.29, 1.82) is 0 Å². The van der Waals surface area contributed by atoms with Gasteiger partial charge in [0.25, 0.3) is 11.8 Å². The number of piperidine rings is 1. The molecule has 1 aliphatic heterocycles. The fraction of sp³-hybridized carbons (Fsp3) is 0.303. The number of anilines is 1. The Kier molecular flexibility index (Phi) is 7.64. The molecule has 0 aliphatic carbocycles. The van der Waals surface area contributed by atoms with Gasteiger partial charge in [-0.15, -0.1) is 0 Å². The van der Waals surface area contributed by atoms with E-state index in [1.807, 2.05) is 72.3 Å². The quantitative estimate of drug-likeness (QED) is 0.304. The number of benzene rings is 3. The maximum Gasteiger partial charge on any atom is 0.255 e. The van der Waals surface area contributed by atoms with Crippen molar-refractivity contribution in [3.05, 3.63) is 107 Å². The molecule has 0 saturated carbocycles. The van der Waals surface area contributed by atoms with E-state index in [-0.39, 0.29) is 11.8 Å². The van der Waals surface area contributed by atoms with Crippen LogP contribution in [0, 0.1) is 6.92 Å². The van der Waals surface area contributed by atoms with Crippen LogP contribution in [0.15, 0.2) is 79.1 Å². The van der Waals surface area contributed by atoms with Gasteiger partial charge in [-0.05, 0) is 78.1 Å². The zero-order chi connectivity index (χ0) is 27.5. The molecule has 0 atom stereocenters. The van der Waals surface area contributed by atoms with Crippen LogP contribution in [0.2, 0.25) is 0 Å². The van der Waals surface area contributed by atoms with Crippen LogP contribution < -0.4 is 5.32 Å². The standard InChI is InChI=1S/C33H36N4O2/c1-22(2)24-7-13-28(14-8-24)32(38)35-31-19-29(6-5-23(31)3)33(39)37-17-15-27(16-18-37)25-9-11-26(12-10-25)30-20-34-36(4)21-30/h5-14,19-22,27H,15-18H2,1-4H3,(H,35,38). The Bertz CT molecular complexity index is 1460. The number of hydrogen-bond donors (Lipinski definition) is 1. The molecule has 6 nitrogen and oxygen atoms in total. The van der Waals surface area contributed by atoms with Gasteiger partial charge < -0.3 is 10.2 Å². The first-order valence-corrected chi connectivity index (χ1v) is 13.7. The zero-order valence-electron chi connectivity index (χ0n) is 23.1. The van der Waals surface area contributed by atoms with Gasteiger partial charge in [0.15, 0.2) is 0 Å². The molecule has 5 rings (SSSR count). The highest BCUT2D eigenvalue weighted by molar-refractivity contribution is 6.05. The number of nitrogens with one attached hydrogen (secondary N) is 1. The number of aryl methyl sites for hydroxylation is 2. The Labute approximate surface area is 230 Å². The number of hydrogen-bond acceptors (Lipinski definition) is 3. The molecule has 1 aliphatic rings. The third kappa shape index (κ3) is 5.95. The second-order valence-electron chi connectivity index (χ2n) is 10.9. The number of aromatic nitrogens is 2. The summed E-state index contributed by atoms with van der Waals surface area (Å²) in [5.74, 6) is 0.688.